The first-order chi connectivity index (χ1) is 8.63. The van der Waals surface area contributed by atoms with Crippen LogP contribution in [0.4, 0.5) is 5.82 Å². The van der Waals surface area contributed by atoms with E-state index in [1.807, 2.05) is 12.1 Å². The number of rotatable bonds is 4. The van der Waals surface area contributed by atoms with Crippen molar-refractivity contribution in [1.29, 1.82) is 10.5 Å². The van der Waals surface area contributed by atoms with Crippen molar-refractivity contribution in [3.8, 4) is 12.1 Å². The van der Waals surface area contributed by atoms with E-state index in [9.17, 15) is 4.79 Å². The summed E-state index contributed by atoms with van der Waals surface area (Å²) in [4.78, 5) is 17.2. The van der Waals surface area contributed by atoms with Crippen LogP contribution in [0.2, 0.25) is 5.02 Å². The maximum Gasteiger partial charge on any atom is 0.275 e. The lowest BCUT2D eigenvalue weighted by molar-refractivity contribution is 0.0789. The smallest absolute Gasteiger partial charge is 0.275 e. The standard InChI is InChI=1S/C11H10ClN5O/c1-15-9-3-2-8(12)10(16-9)11(18)17(6-4-13)7-5-14/h2-3H,6-7H2,1H3,(H,15,16). The largest absolute Gasteiger partial charge is 0.373 e. The van der Waals surface area contributed by atoms with Crippen molar-refractivity contribution in [2.45, 2.75) is 0 Å². The van der Waals surface area contributed by atoms with Gasteiger partial charge in [0.25, 0.3) is 5.91 Å². The van der Waals surface area contributed by atoms with Crippen molar-refractivity contribution in [2.24, 2.45) is 0 Å². The summed E-state index contributed by atoms with van der Waals surface area (Å²) in [6.45, 7) is -0.373. The molecule has 0 aliphatic heterocycles. The minimum absolute atomic E-state index is 0.0222. The maximum absolute atomic E-state index is 12.1. The molecule has 0 unspecified atom stereocenters. The van der Waals surface area contributed by atoms with Crippen LogP contribution in [0.3, 0.4) is 0 Å². The Bertz CT molecular complexity index is 515. The van der Waals surface area contributed by atoms with E-state index in [2.05, 4.69) is 10.3 Å². The molecule has 18 heavy (non-hydrogen) atoms. The summed E-state index contributed by atoms with van der Waals surface area (Å²) < 4.78 is 0. The van der Waals surface area contributed by atoms with E-state index in [1.165, 1.54) is 6.07 Å². The molecule has 0 fully saturated rings. The zero-order valence-corrected chi connectivity index (χ0v) is 10.4. The Labute approximate surface area is 109 Å². The third kappa shape index (κ3) is 3.09. The summed E-state index contributed by atoms with van der Waals surface area (Å²) in [7, 11) is 1.66. The first kappa shape index (κ1) is 13.8. The van der Waals surface area contributed by atoms with E-state index < -0.39 is 5.91 Å². The molecule has 1 rings (SSSR count). The highest BCUT2D eigenvalue weighted by Crippen LogP contribution is 2.18. The van der Waals surface area contributed by atoms with Crippen LogP contribution in [0.1, 0.15) is 10.5 Å². The lowest BCUT2D eigenvalue weighted by atomic mass is 10.3. The molecule has 0 saturated heterocycles. The summed E-state index contributed by atoms with van der Waals surface area (Å²) in [6, 6.07) is 6.79. The van der Waals surface area contributed by atoms with Gasteiger partial charge >= 0.3 is 0 Å². The molecule has 1 aromatic heterocycles. The Morgan fingerprint density at radius 2 is 2.06 bits per heavy atom. The fourth-order valence-corrected chi connectivity index (χ4v) is 1.44. The fraction of sp³-hybridized carbons (Fsp3) is 0.273. The summed E-state index contributed by atoms with van der Waals surface area (Å²) >= 11 is 5.89. The van der Waals surface area contributed by atoms with E-state index in [-0.39, 0.29) is 23.8 Å². The number of hydrogen-bond donors (Lipinski definition) is 1. The molecule has 0 aliphatic carbocycles. The van der Waals surface area contributed by atoms with Gasteiger partial charge < -0.3 is 10.2 Å². The molecule has 0 saturated carbocycles. The number of amides is 1. The van der Waals surface area contributed by atoms with Crippen LogP contribution in [-0.2, 0) is 0 Å². The van der Waals surface area contributed by atoms with E-state index in [0.717, 1.165) is 4.90 Å². The highest BCUT2D eigenvalue weighted by Gasteiger charge is 2.20. The van der Waals surface area contributed by atoms with Crippen molar-refractivity contribution in [2.75, 3.05) is 25.5 Å². The van der Waals surface area contributed by atoms with Gasteiger partial charge in [0.15, 0.2) is 0 Å². The van der Waals surface area contributed by atoms with Gasteiger partial charge in [-0.05, 0) is 12.1 Å². The van der Waals surface area contributed by atoms with E-state index in [4.69, 9.17) is 22.1 Å². The van der Waals surface area contributed by atoms with Gasteiger partial charge in [-0.25, -0.2) is 4.98 Å². The number of carbonyl (C=O) groups excluding carboxylic acids is 1. The predicted molar refractivity (Wildman–Crippen MR) is 65.9 cm³/mol. The number of nitrogens with zero attached hydrogens (tertiary/aromatic N) is 4. The molecular formula is C11H10ClN5O. The fourth-order valence-electron chi connectivity index (χ4n) is 1.25. The number of anilines is 1. The molecule has 1 amide bonds. The molecule has 7 heteroatoms. The number of halogens is 1. The van der Waals surface area contributed by atoms with E-state index in [1.54, 1.807) is 13.1 Å². The normalized spacial score (nSPS) is 9.11. The third-order valence-electron chi connectivity index (χ3n) is 2.12. The molecule has 6 nitrogen and oxygen atoms in total. The molecule has 0 aliphatic rings. The molecule has 1 heterocycles. The molecule has 1 N–H and O–H groups in total. The second kappa shape index (κ2) is 6.43. The average molecular weight is 264 g/mol. The van der Waals surface area contributed by atoms with Crippen molar-refractivity contribution in [3.05, 3.63) is 22.8 Å². The van der Waals surface area contributed by atoms with Gasteiger partial charge in [0.1, 0.15) is 24.6 Å². The lowest BCUT2D eigenvalue weighted by Gasteiger charge is -2.16. The Morgan fingerprint density at radius 3 is 2.56 bits per heavy atom. The first-order valence-electron chi connectivity index (χ1n) is 5.01. The summed E-state index contributed by atoms with van der Waals surface area (Å²) in [6.07, 6.45) is 0. The SMILES string of the molecule is CNc1ccc(Cl)c(C(=O)N(CC#N)CC#N)n1. The van der Waals surface area contributed by atoms with Crippen LogP contribution in [0.25, 0.3) is 0 Å². The molecule has 0 atom stereocenters. The summed E-state index contributed by atoms with van der Waals surface area (Å²) in [5.41, 5.74) is 0.0222. The van der Waals surface area contributed by atoms with Crippen LogP contribution in [0.15, 0.2) is 12.1 Å². The predicted octanol–water partition coefficient (Wildman–Crippen LogP) is 1.27. The topological polar surface area (TPSA) is 92.8 Å². The molecular weight excluding hydrogens is 254 g/mol. The van der Waals surface area contributed by atoms with Crippen molar-refractivity contribution >= 4 is 23.3 Å². The number of pyridine rings is 1. The first-order valence-corrected chi connectivity index (χ1v) is 5.39. The summed E-state index contributed by atoms with van der Waals surface area (Å²) in [5, 5.41) is 20.2. The van der Waals surface area contributed by atoms with Crippen LogP contribution in [0.5, 0.6) is 0 Å². The average Bonchev–Trinajstić information content (AvgIpc) is 2.38. The van der Waals surface area contributed by atoms with Crippen LogP contribution in [0, 0.1) is 22.7 Å². The Kier molecular flexibility index (Phi) is 4.91. The van der Waals surface area contributed by atoms with Gasteiger partial charge in [-0.15, -0.1) is 0 Å². The maximum atomic E-state index is 12.1. The highest BCUT2D eigenvalue weighted by atomic mass is 35.5. The van der Waals surface area contributed by atoms with Crippen molar-refractivity contribution in [1.82, 2.24) is 9.88 Å². The van der Waals surface area contributed by atoms with Gasteiger partial charge in [-0.3, -0.25) is 4.79 Å². The lowest BCUT2D eigenvalue weighted by Crippen LogP contribution is -2.32. The minimum atomic E-state index is -0.541. The monoisotopic (exact) mass is 263 g/mol. The van der Waals surface area contributed by atoms with Crippen LogP contribution >= 0.6 is 11.6 Å². The molecule has 0 bridgehead atoms. The van der Waals surface area contributed by atoms with E-state index >= 15 is 0 Å². The summed E-state index contributed by atoms with van der Waals surface area (Å²) in [5.74, 6) is -0.0585. The third-order valence-corrected chi connectivity index (χ3v) is 2.42. The number of hydrogen-bond acceptors (Lipinski definition) is 5. The zero-order chi connectivity index (χ0) is 13.5. The van der Waals surface area contributed by atoms with Crippen molar-refractivity contribution < 1.29 is 4.79 Å². The number of nitrogens with one attached hydrogen (secondary N) is 1. The van der Waals surface area contributed by atoms with E-state index in [0.29, 0.717) is 5.82 Å². The van der Waals surface area contributed by atoms with Crippen molar-refractivity contribution in [3.63, 3.8) is 0 Å². The van der Waals surface area contributed by atoms with Crippen LogP contribution < -0.4 is 5.32 Å². The molecule has 0 spiro atoms. The Hall–Kier alpha value is -2.31. The zero-order valence-electron chi connectivity index (χ0n) is 9.64. The Morgan fingerprint density at radius 1 is 1.44 bits per heavy atom. The van der Waals surface area contributed by atoms with Gasteiger partial charge in [-0.1, -0.05) is 11.6 Å². The van der Waals surface area contributed by atoms with Gasteiger partial charge in [0, 0.05) is 7.05 Å². The number of nitriles is 2. The second-order valence-electron chi connectivity index (χ2n) is 3.25. The Balaban J connectivity index is 3.08. The molecule has 0 radical (unpaired) electrons. The molecule has 0 aromatic carbocycles. The minimum Gasteiger partial charge on any atom is -0.373 e. The quantitative estimate of drug-likeness (QED) is 0.826. The molecule has 92 valence electrons. The second-order valence-corrected chi connectivity index (χ2v) is 3.66. The highest BCUT2D eigenvalue weighted by molar-refractivity contribution is 6.33. The number of carbonyl (C=O) groups is 1. The number of aromatic nitrogens is 1. The van der Waals surface area contributed by atoms with Crippen LogP contribution in [-0.4, -0.2) is 35.9 Å². The van der Waals surface area contributed by atoms with Gasteiger partial charge in [-0.2, -0.15) is 10.5 Å². The van der Waals surface area contributed by atoms with Gasteiger partial charge in [0.05, 0.1) is 17.2 Å². The molecule has 1 aromatic rings. The van der Waals surface area contributed by atoms with Gasteiger partial charge in [0.2, 0.25) is 0 Å².